The number of nitrogens with one attached hydrogen (secondary N) is 1. The first-order valence-corrected chi connectivity index (χ1v) is 7.24. The third-order valence-electron chi connectivity index (χ3n) is 2.56. The van der Waals surface area contributed by atoms with Crippen molar-refractivity contribution in [3.8, 4) is 0 Å². The van der Waals surface area contributed by atoms with E-state index in [1.807, 2.05) is 33.0 Å². The standard InChI is InChI=1S/C13H13Cl2N3S/c1-7-12(16-3)17-8(2)18-13(7)19-9-4-5-10(14)11(15)6-9/h4-6H,1-3H3,(H,16,17,18). The molecule has 0 amide bonds. The van der Waals surface area contributed by atoms with Crippen molar-refractivity contribution in [3.63, 3.8) is 0 Å². The van der Waals surface area contributed by atoms with Crippen molar-refractivity contribution in [1.82, 2.24) is 9.97 Å². The number of hydrogen-bond acceptors (Lipinski definition) is 4. The Labute approximate surface area is 126 Å². The van der Waals surface area contributed by atoms with Gasteiger partial charge < -0.3 is 5.32 Å². The molecule has 6 heteroatoms. The number of hydrogen-bond donors (Lipinski definition) is 1. The van der Waals surface area contributed by atoms with Crippen LogP contribution in [-0.4, -0.2) is 17.0 Å². The summed E-state index contributed by atoms with van der Waals surface area (Å²) in [5.74, 6) is 1.58. The van der Waals surface area contributed by atoms with E-state index in [0.29, 0.717) is 10.0 Å². The number of anilines is 1. The summed E-state index contributed by atoms with van der Waals surface area (Å²) in [6.07, 6.45) is 0. The van der Waals surface area contributed by atoms with Crippen molar-refractivity contribution in [3.05, 3.63) is 39.6 Å². The molecule has 2 rings (SSSR count). The first kappa shape index (κ1) is 14.4. The number of benzene rings is 1. The van der Waals surface area contributed by atoms with Crippen molar-refractivity contribution in [2.75, 3.05) is 12.4 Å². The van der Waals surface area contributed by atoms with E-state index in [2.05, 4.69) is 15.3 Å². The van der Waals surface area contributed by atoms with Gasteiger partial charge in [-0.2, -0.15) is 0 Å². The summed E-state index contributed by atoms with van der Waals surface area (Å²) in [5, 5.41) is 5.08. The van der Waals surface area contributed by atoms with Gasteiger partial charge in [-0.3, -0.25) is 0 Å². The van der Waals surface area contributed by atoms with E-state index in [9.17, 15) is 0 Å². The SMILES string of the molecule is CNc1nc(C)nc(Sc2ccc(Cl)c(Cl)c2)c1C. The van der Waals surface area contributed by atoms with Crippen LogP contribution < -0.4 is 5.32 Å². The van der Waals surface area contributed by atoms with Crippen LogP contribution in [0, 0.1) is 13.8 Å². The van der Waals surface area contributed by atoms with Crippen LogP contribution >= 0.6 is 35.0 Å². The normalized spacial score (nSPS) is 10.6. The Hall–Kier alpha value is -0.970. The number of halogens is 2. The van der Waals surface area contributed by atoms with Crippen LogP contribution in [0.1, 0.15) is 11.4 Å². The summed E-state index contributed by atoms with van der Waals surface area (Å²) in [6, 6.07) is 5.55. The van der Waals surface area contributed by atoms with Gasteiger partial charge in [0.15, 0.2) is 0 Å². The maximum Gasteiger partial charge on any atom is 0.133 e. The molecule has 0 aliphatic rings. The second-order valence-corrected chi connectivity index (χ2v) is 5.85. The monoisotopic (exact) mass is 313 g/mol. The van der Waals surface area contributed by atoms with Gasteiger partial charge in [0.25, 0.3) is 0 Å². The lowest BCUT2D eigenvalue weighted by molar-refractivity contribution is 0.940. The van der Waals surface area contributed by atoms with Crippen molar-refractivity contribution in [2.45, 2.75) is 23.8 Å². The van der Waals surface area contributed by atoms with E-state index < -0.39 is 0 Å². The molecule has 0 aliphatic carbocycles. The molecule has 0 spiro atoms. The first-order chi connectivity index (χ1) is 9.01. The number of aryl methyl sites for hydroxylation is 1. The zero-order valence-electron chi connectivity index (χ0n) is 10.8. The smallest absolute Gasteiger partial charge is 0.133 e. The molecule has 0 saturated carbocycles. The predicted molar refractivity (Wildman–Crippen MR) is 81.6 cm³/mol. The third kappa shape index (κ3) is 3.32. The van der Waals surface area contributed by atoms with Crippen LogP contribution in [-0.2, 0) is 0 Å². The summed E-state index contributed by atoms with van der Waals surface area (Å²) in [7, 11) is 1.85. The van der Waals surface area contributed by atoms with E-state index >= 15 is 0 Å². The lowest BCUT2D eigenvalue weighted by Crippen LogP contribution is -2.01. The maximum absolute atomic E-state index is 6.02. The van der Waals surface area contributed by atoms with Crippen LogP contribution in [0.3, 0.4) is 0 Å². The second kappa shape index (κ2) is 5.99. The largest absolute Gasteiger partial charge is 0.373 e. The van der Waals surface area contributed by atoms with E-state index in [-0.39, 0.29) is 0 Å². The Morgan fingerprint density at radius 1 is 1.11 bits per heavy atom. The van der Waals surface area contributed by atoms with Crippen LogP contribution in [0.15, 0.2) is 28.1 Å². The Kier molecular flexibility index (Phi) is 4.55. The fraction of sp³-hybridized carbons (Fsp3) is 0.231. The Morgan fingerprint density at radius 2 is 1.84 bits per heavy atom. The average molecular weight is 314 g/mol. The average Bonchev–Trinajstić information content (AvgIpc) is 2.37. The molecule has 3 nitrogen and oxygen atoms in total. The van der Waals surface area contributed by atoms with E-state index in [1.54, 1.807) is 17.8 Å². The molecule has 0 fully saturated rings. The highest BCUT2D eigenvalue weighted by molar-refractivity contribution is 7.99. The van der Waals surface area contributed by atoms with Crippen molar-refractivity contribution in [1.29, 1.82) is 0 Å². The molecular formula is C13H13Cl2N3S. The van der Waals surface area contributed by atoms with E-state index in [0.717, 1.165) is 27.1 Å². The fourth-order valence-corrected chi connectivity index (χ4v) is 2.92. The molecular weight excluding hydrogens is 301 g/mol. The van der Waals surface area contributed by atoms with Crippen LogP contribution in [0.2, 0.25) is 10.0 Å². The summed E-state index contributed by atoms with van der Waals surface area (Å²) in [4.78, 5) is 9.80. The van der Waals surface area contributed by atoms with Gasteiger partial charge in [-0.05, 0) is 32.0 Å². The van der Waals surface area contributed by atoms with Crippen molar-refractivity contribution < 1.29 is 0 Å². The molecule has 0 bridgehead atoms. The van der Waals surface area contributed by atoms with Gasteiger partial charge >= 0.3 is 0 Å². The highest BCUT2D eigenvalue weighted by atomic mass is 35.5. The van der Waals surface area contributed by atoms with Crippen molar-refractivity contribution in [2.24, 2.45) is 0 Å². The zero-order valence-corrected chi connectivity index (χ0v) is 13.1. The van der Waals surface area contributed by atoms with E-state index in [4.69, 9.17) is 23.2 Å². The predicted octanol–water partition coefficient (Wildman–Crippen LogP) is 4.59. The topological polar surface area (TPSA) is 37.8 Å². The third-order valence-corrected chi connectivity index (χ3v) is 4.37. The number of rotatable bonds is 3. The first-order valence-electron chi connectivity index (χ1n) is 5.67. The van der Waals surface area contributed by atoms with Crippen LogP contribution in [0.4, 0.5) is 5.82 Å². The molecule has 0 saturated heterocycles. The summed E-state index contributed by atoms with van der Waals surface area (Å²) < 4.78 is 0. The molecule has 1 N–H and O–H groups in total. The van der Waals surface area contributed by atoms with Crippen LogP contribution in [0.5, 0.6) is 0 Å². The second-order valence-electron chi connectivity index (χ2n) is 3.98. The minimum absolute atomic E-state index is 0.545. The summed E-state index contributed by atoms with van der Waals surface area (Å²) in [5.41, 5.74) is 1.02. The van der Waals surface area contributed by atoms with Gasteiger partial charge in [0, 0.05) is 17.5 Å². The minimum atomic E-state index is 0.545. The maximum atomic E-state index is 6.02. The number of nitrogens with zero attached hydrogens (tertiary/aromatic N) is 2. The van der Waals surface area contributed by atoms with Gasteiger partial charge in [-0.1, -0.05) is 35.0 Å². The minimum Gasteiger partial charge on any atom is -0.373 e. The molecule has 19 heavy (non-hydrogen) atoms. The van der Waals surface area contributed by atoms with E-state index in [1.165, 1.54) is 0 Å². The highest BCUT2D eigenvalue weighted by Crippen LogP contribution is 2.34. The Balaban J connectivity index is 2.37. The molecule has 0 radical (unpaired) electrons. The van der Waals surface area contributed by atoms with Gasteiger partial charge in [0.05, 0.1) is 10.0 Å². The molecule has 1 aromatic heterocycles. The highest BCUT2D eigenvalue weighted by Gasteiger charge is 2.10. The Morgan fingerprint density at radius 3 is 2.47 bits per heavy atom. The molecule has 100 valence electrons. The van der Waals surface area contributed by atoms with Crippen molar-refractivity contribution >= 4 is 40.8 Å². The lowest BCUT2D eigenvalue weighted by Gasteiger charge is -2.10. The molecule has 2 aromatic rings. The van der Waals surface area contributed by atoms with Gasteiger partial charge in [-0.15, -0.1) is 0 Å². The van der Waals surface area contributed by atoms with Gasteiger partial charge in [0.1, 0.15) is 16.7 Å². The quantitative estimate of drug-likeness (QED) is 0.841. The summed E-state index contributed by atoms with van der Waals surface area (Å²) >= 11 is 13.5. The Bertz CT molecular complexity index is 617. The number of aromatic nitrogens is 2. The molecule has 0 unspecified atom stereocenters. The molecule has 1 heterocycles. The zero-order chi connectivity index (χ0) is 14.0. The van der Waals surface area contributed by atoms with Gasteiger partial charge in [0.2, 0.25) is 0 Å². The summed E-state index contributed by atoms with van der Waals surface area (Å²) in [6.45, 7) is 3.87. The van der Waals surface area contributed by atoms with Crippen LogP contribution in [0.25, 0.3) is 0 Å². The molecule has 0 aliphatic heterocycles. The fourth-order valence-electron chi connectivity index (χ4n) is 1.60. The lowest BCUT2D eigenvalue weighted by atomic mass is 10.3. The molecule has 0 atom stereocenters. The molecule has 1 aromatic carbocycles. The van der Waals surface area contributed by atoms with Gasteiger partial charge in [-0.25, -0.2) is 9.97 Å².